The lowest BCUT2D eigenvalue weighted by Gasteiger charge is -1.74. The van der Waals surface area contributed by atoms with Crippen molar-refractivity contribution >= 4 is 5.52 Å². The molecule has 0 bridgehead atoms. The first kappa shape index (κ1) is 3.78. The monoisotopic (exact) mass is 106 g/mol. The van der Waals surface area contributed by atoms with Crippen LogP contribution in [0, 0.1) is 6.26 Å². The van der Waals surface area contributed by atoms with E-state index in [1.54, 1.807) is 10.6 Å². The fourth-order valence-electron chi connectivity index (χ4n) is 0.718. The average molecular weight is 106 g/mol. The topological polar surface area (TPSA) is 17.6 Å². The lowest BCUT2D eigenvalue weighted by Crippen LogP contribution is -1.65. The Bertz CT molecular complexity index is 230. The molecule has 8 heavy (non-hydrogen) atoms. The van der Waals surface area contributed by atoms with Crippen LogP contribution in [0.1, 0.15) is 0 Å². The van der Waals surface area contributed by atoms with Gasteiger partial charge in [-0.25, -0.2) is 0 Å². The summed E-state index contributed by atoms with van der Waals surface area (Å²) >= 11 is 0. The minimum atomic E-state index is 1.05. The van der Waals surface area contributed by atoms with Gasteiger partial charge in [-0.3, -0.25) is 0 Å². The van der Waals surface area contributed by atoms with E-state index in [1.807, 2.05) is 18.3 Å². The summed E-state index contributed by atoms with van der Waals surface area (Å²) in [6, 6.07) is 5.67. The Kier molecular flexibility index (Phi) is 0.545. The largest absolute Gasteiger partial charge is 0.371 e. The molecule has 0 fully saturated rings. The van der Waals surface area contributed by atoms with Gasteiger partial charge in [0.1, 0.15) is 0 Å². The van der Waals surface area contributed by atoms with E-state index >= 15 is 0 Å². The number of rotatable bonds is 0. The summed E-state index contributed by atoms with van der Waals surface area (Å²) in [7, 11) is 0. The van der Waals surface area contributed by atoms with E-state index in [0.29, 0.717) is 0 Å². The highest BCUT2D eigenvalue weighted by atomic mass is 16.5. The second-order valence-corrected chi connectivity index (χ2v) is 1.61. The van der Waals surface area contributed by atoms with E-state index in [0.717, 1.165) is 5.52 Å². The standard InChI is InChI=1S/C6H4NO/c1-2-6-3-5-8-7(6)4-1/h1-4H. The molecule has 0 amide bonds. The van der Waals surface area contributed by atoms with Gasteiger partial charge in [-0.2, -0.15) is 4.57 Å². The minimum Gasteiger partial charge on any atom is -0.371 e. The van der Waals surface area contributed by atoms with Gasteiger partial charge >= 0.3 is 0 Å². The predicted molar refractivity (Wildman–Crippen MR) is 28.5 cm³/mol. The molecular formula is C6H4NO. The Morgan fingerprint density at radius 3 is 3.50 bits per heavy atom. The Hall–Kier alpha value is -1.18. The van der Waals surface area contributed by atoms with Crippen LogP contribution in [0.5, 0.6) is 0 Å². The molecule has 1 radical (unpaired) electrons. The molecule has 2 heteroatoms. The summed E-state index contributed by atoms with van der Waals surface area (Å²) in [5.74, 6) is 0. The molecule has 0 unspecified atom stereocenters. The molecule has 0 aliphatic carbocycles. The maximum atomic E-state index is 4.85. The third-order valence-corrected chi connectivity index (χ3v) is 1.10. The van der Waals surface area contributed by atoms with Crippen LogP contribution >= 0.6 is 0 Å². The molecule has 0 saturated heterocycles. The maximum Gasteiger partial charge on any atom is 0.203 e. The van der Waals surface area contributed by atoms with E-state index in [9.17, 15) is 0 Å². The van der Waals surface area contributed by atoms with E-state index in [2.05, 4.69) is 6.26 Å². The van der Waals surface area contributed by atoms with Crippen LogP contribution in [0.25, 0.3) is 5.52 Å². The second kappa shape index (κ2) is 1.15. The predicted octanol–water partition coefficient (Wildman–Crippen LogP) is 1.33. The molecule has 2 heterocycles. The zero-order valence-corrected chi connectivity index (χ0v) is 4.16. The van der Waals surface area contributed by atoms with Gasteiger partial charge in [0, 0.05) is 12.3 Å². The van der Waals surface area contributed by atoms with Crippen LogP contribution in [-0.2, 0) is 0 Å². The quantitative estimate of drug-likeness (QED) is 0.495. The van der Waals surface area contributed by atoms with Crippen molar-refractivity contribution in [3.05, 3.63) is 30.7 Å². The average Bonchev–Trinajstić information content (AvgIpc) is 2.15. The number of fused-ring (bicyclic) bond motifs is 1. The Morgan fingerprint density at radius 2 is 2.62 bits per heavy atom. The molecule has 0 aliphatic rings. The summed E-state index contributed by atoms with van der Waals surface area (Å²) in [5, 5.41) is 0. The van der Waals surface area contributed by atoms with Crippen molar-refractivity contribution in [3.63, 3.8) is 0 Å². The zero-order valence-electron chi connectivity index (χ0n) is 4.16. The first-order valence-corrected chi connectivity index (χ1v) is 2.40. The van der Waals surface area contributed by atoms with Crippen molar-refractivity contribution in [2.75, 3.05) is 0 Å². The number of hydrogen-bond acceptors (Lipinski definition) is 1. The molecule has 0 aliphatic heterocycles. The summed E-state index contributed by atoms with van der Waals surface area (Å²) in [6.45, 7) is 0. The fraction of sp³-hybridized carbons (Fsp3) is 0. The lowest BCUT2D eigenvalue weighted by molar-refractivity contribution is 0.371. The second-order valence-electron chi connectivity index (χ2n) is 1.61. The third-order valence-electron chi connectivity index (χ3n) is 1.10. The molecule has 2 aromatic rings. The Balaban J connectivity index is 3.06. The summed E-state index contributed by atoms with van der Waals surface area (Å²) in [4.78, 5) is 0. The molecule has 2 aromatic heterocycles. The van der Waals surface area contributed by atoms with Gasteiger partial charge in [0.2, 0.25) is 6.26 Å². The van der Waals surface area contributed by atoms with Gasteiger partial charge in [-0.1, -0.05) is 0 Å². The summed E-state index contributed by atoms with van der Waals surface area (Å²) in [6.07, 6.45) is 4.44. The first-order valence-electron chi connectivity index (χ1n) is 2.40. The van der Waals surface area contributed by atoms with Gasteiger partial charge in [0.05, 0.1) is 5.52 Å². The highest BCUT2D eigenvalue weighted by Gasteiger charge is 1.88. The van der Waals surface area contributed by atoms with Crippen LogP contribution in [0.15, 0.2) is 28.9 Å². The van der Waals surface area contributed by atoms with E-state index in [4.69, 9.17) is 4.52 Å². The molecule has 39 valence electrons. The van der Waals surface area contributed by atoms with Crippen molar-refractivity contribution in [1.29, 1.82) is 0 Å². The number of aromatic nitrogens is 1. The maximum absolute atomic E-state index is 4.85. The molecular weight excluding hydrogens is 102 g/mol. The molecule has 0 saturated carbocycles. The van der Waals surface area contributed by atoms with Gasteiger partial charge < -0.3 is 4.52 Å². The summed E-state index contributed by atoms with van der Waals surface area (Å²) < 4.78 is 6.50. The zero-order chi connectivity index (χ0) is 5.40. The van der Waals surface area contributed by atoms with Crippen molar-refractivity contribution < 1.29 is 4.52 Å². The van der Waals surface area contributed by atoms with Gasteiger partial charge in [-0.05, 0) is 12.1 Å². The van der Waals surface area contributed by atoms with Crippen LogP contribution in [0.2, 0.25) is 0 Å². The van der Waals surface area contributed by atoms with Crippen molar-refractivity contribution in [2.45, 2.75) is 0 Å². The molecule has 2 nitrogen and oxygen atoms in total. The Labute approximate surface area is 46.3 Å². The molecule has 2 rings (SSSR count). The van der Waals surface area contributed by atoms with E-state index in [-0.39, 0.29) is 0 Å². The third kappa shape index (κ3) is 0.320. The van der Waals surface area contributed by atoms with Gasteiger partial charge in [0.15, 0.2) is 0 Å². The highest BCUT2D eigenvalue weighted by molar-refractivity contribution is 5.43. The lowest BCUT2D eigenvalue weighted by atomic mass is 10.5. The van der Waals surface area contributed by atoms with Crippen LogP contribution in [-0.4, -0.2) is 4.57 Å². The van der Waals surface area contributed by atoms with Crippen LogP contribution < -0.4 is 0 Å². The highest BCUT2D eigenvalue weighted by Crippen LogP contribution is 2.01. The minimum absolute atomic E-state index is 1.05. The molecule has 0 N–H and O–H groups in total. The van der Waals surface area contributed by atoms with Crippen LogP contribution in [0.4, 0.5) is 0 Å². The molecule has 0 atom stereocenters. The normalized spacial score (nSPS) is 10.5. The fourth-order valence-corrected chi connectivity index (χ4v) is 0.718. The molecule has 0 spiro atoms. The van der Waals surface area contributed by atoms with Crippen molar-refractivity contribution in [1.82, 2.24) is 4.57 Å². The first-order chi connectivity index (χ1) is 3.97. The van der Waals surface area contributed by atoms with E-state index in [1.165, 1.54) is 0 Å². The smallest absolute Gasteiger partial charge is 0.203 e. The van der Waals surface area contributed by atoms with Gasteiger partial charge in [0.25, 0.3) is 0 Å². The number of nitrogens with zero attached hydrogens (tertiary/aromatic N) is 1. The number of hydrogen-bond donors (Lipinski definition) is 0. The van der Waals surface area contributed by atoms with E-state index < -0.39 is 0 Å². The van der Waals surface area contributed by atoms with Gasteiger partial charge in [-0.15, -0.1) is 0 Å². The Morgan fingerprint density at radius 1 is 1.62 bits per heavy atom. The summed E-state index contributed by atoms with van der Waals surface area (Å²) in [5.41, 5.74) is 1.05. The van der Waals surface area contributed by atoms with Crippen molar-refractivity contribution in [3.8, 4) is 0 Å². The SMILES string of the molecule is [c]1cc2cccn2o1. The molecule has 0 aromatic carbocycles. The van der Waals surface area contributed by atoms with Crippen LogP contribution in [0.3, 0.4) is 0 Å². The van der Waals surface area contributed by atoms with Crippen molar-refractivity contribution in [2.24, 2.45) is 0 Å².